The quantitative estimate of drug-likeness (QED) is 0.570. The van der Waals surface area contributed by atoms with Gasteiger partial charge in [0.25, 0.3) is 0 Å². The van der Waals surface area contributed by atoms with Gasteiger partial charge < -0.3 is 24.2 Å². The second-order valence-corrected chi connectivity index (χ2v) is 13.1. The number of nitriles is 1. The van der Waals surface area contributed by atoms with Crippen LogP contribution in [0, 0.1) is 45.8 Å². The fourth-order valence-corrected chi connectivity index (χ4v) is 7.93. The third-order valence-electron chi connectivity index (χ3n) is 10.2. The van der Waals surface area contributed by atoms with Gasteiger partial charge in [-0.25, -0.2) is 4.79 Å². The molecular formula is C29H40N2O6. The van der Waals surface area contributed by atoms with E-state index in [9.17, 15) is 14.7 Å². The first-order valence-corrected chi connectivity index (χ1v) is 13.4. The maximum atomic E-state index is 14.7. The summed E-state index contributed by atoms with van der Waals surface area (Å²) in [6, 6.07) is 1.71. The van der Waals surface area contributed by atoms with Crippen molar-refractivity contribution in [2.45, 2.75) is 90.9 Å². The number of carbonyl (C=O) groups excluding carboxylic acids is 2. The van der Waals surface area contributed by atoms with Crippen molar-refractivity contribution >= 4 is 11.9 Å². The second kappa shape index (κ2) is 8.14. The number of rotatable bonds is 3. The van der Waals surface area contributed by atoms with Gasteiger partial charge in [-0.2, -0.15) is 5.26 Å². The molecule has 5 aliphatic rings. The molecule has 8 nitrogen and oxygen atoms in total. The lowest BCUT2D eigenvalue weighted by Crippen LogP contribution is -2.68. The summed E-state index contributed by atoms with van der Waals surface area (Å²) in [5.41, 5.74) is -1.72. The Morgan fingerprint density at radius 3 is 2.68 bits per heavy atom. The molecule has 9 atom stereocenters. The molecule has 1 heterocycles. The maximum Gasteiger partial charge on any atom is 0.410 e. The number of nitrogens with zero attached hydrogens (tertiary/aromatic N) is 2. The van der Waals surface area contributed by atoms with E-state index in [4.69, 9.17) is 19.5 Å². The molecule has 8 heteroatoms. The zero-order valence-electron chi connectivity index (χ0n) is 23.2. The summed E-state index contributed by atoms with van der Waals surface area (Å²) < 4.78 is 18.5. The number of hydrogen-bond acceptors (Lipinski definition) is 7. The van der Waals surface area contributed by atoms with Crippen LogP contribution < -0.4 is 0 Å². The third kappa shape index (κ3) is 3.43. The van der Waals surface area contributed by atoms with Crippen molar-refractivity contribution in [3.63, 3.8) is 0 Å². The molecule has 4 aliphatic carbocycles. The maximum absolute atomic E-state index is 14.7. The van der Waals surface area contributed by atoms with E-state index in [1.54, 1.807) is 27.8 Å². The highest BCUT2D eigenvalue weighted by Gasteiger charge is 2.77. The Labute approximate surface area is 219 Å². The summed E-state index contributed by atoms with van der Waals surface area (Å²) in [4.78, 5) is 29.3. The Balaban J connectivity index is 1.65. The fraction of sp³-hybridized carbons (Fsp3) is 0.759. The number of allylic oxidation sites excluding steroid dienone is 1. The number of amides is 1. The minimum atomic E-state index is -1.84. The Bertz CT molecular complexity index is 1130. The zero-order valence-corrected chi connectivity index (χ0v) is 23.2. The number of ether oxygens (including phenoxy) is 3. The van der Waals surface area contributed by atoms with E-state index in [0.717, 1.165) is 12.0 Å². The summed E-state index contributed by atoms with van der Waals surface area (Å²) in [5.74, 6) is -1.04. The van der Waals surface area contributed by atoms with Crippen molar-refractivity contribution in [1.29, 1.82) is 5.26 Å². The van der Waals surface area contributed by atoms with Gasteiger partial charge >= 0.3 is 6.09 Å². The van der Waals surface area contributed by atoms with E-state index in [1.165, 1.54) is 4.90 Å². The highest BCUT2D eigenvalue weighted by molar-refractivity contribution is 5.95. The van der Waals surface area contributed by atoms with Crippen LogP contribution in [0.15, 0.2) is 23.3 Å². The molecule has 0 radical (unpaired) electrons. The number of ketones is 1. The number of fused-ring (bicyclic) bond motifs is 5. The van der Waals surface area contributed by atoms with Gasteiger partial charge in [-0.05, 0) is 68.4 Å². The van der Waals surface area contributed by atoms with Gasteiger partial charge in [0.15, 0.2) is 23.3 Å². The molecule has 0 aromatic rings. The van der Waals surface area contributed by atoms with Gasteiger partial charge in [-0.15, -0.1) is 0 Å². The van der Waals surface area contributed by atoms with Crippen LogP contribution in [0.3, 0.4) is 0 Å². The number of hydrogen-bond donors (Lipinski definition) is 1. The molecule has 1 spiro atoms. The molecule has 2 saturated carbocycles. The van der Waals surface area contributed by atoms with Crippen LogP contribution in [0.25, 0.3) is 0 Å². The van der Waals surface area contributed by atoms with E-state index in [0.29, 0.717) is 11.5 Å². The van der Waals surface area contributed by atoms with E-state index in [1.807, 2.05) is 26.0 Å². The molecule has 3 fully saturated rings. The minimum Gasteiger partial charge on any atom is -0.438 e. The first-order chi connectivity index (χ1) is 17.1. The first kappa shape index (κ1) is 26.4. The molecule has 5 rings (SSSR count). The Kier molecular flexibility index (Phi) is 5.81. The molecule has 202 valence electrons. The Morgan fingerprint density at radius 2 is 2.03 bits per heavy atom. The predicted molar refractivity (Wildman–Crippen MR) is 135 cm³/mol. The van der Waals surface area contributed by atoms with Gasteiger partial charge in [0.1, 0.15) is 6.10 Å². The van der Waals surface area contributed by atoms with Crippen LogP contribution in [0.1, 0.15) is 61.3 Å². The molecule has 37 heavy (non-hydrogen) atoms. The van der Waals surface area contributed by atoms with Gasteiger partial charge in [0.2, 0.25) is 0 Å². The van der Waals surface area contributed by atoms with Crippen LogP contribution in [0.2, 0.25) is 0 Å². The number of carbonyl (C=O) groups is 2. The van der Waals surface area contributed by atoms with Crippen molar-refractivity contribution in [3.8, 4) is 6.07 Å². The lowest BCUT2D eigenvalue weighted by atomic mass is 9.59. The smallest absolute Gasteiger partial charge is 0.410 e. The second-order valence-electron chi connectivity index (χ2n) is 13.1. The third-order valence-corrected chi connectivity index (χ3v) is 10.2. The molecular weight excluding hydrogens is 472 g/mol. The summed E-state index contributed by atoms with van der Waals surface area (Å²) in [7, 11) is 1.58. The molecule has 1 amide bonds. The SMILES string of the molecule is CC1=C[C@]23C(=O)[C@@H](C=C4COC(C)(C)O[C@H]4[C@]2(O)[C@H]1OC(=O)N(C)C(C)CC#N)[C@H]1[C@@H](C[C@H]3C)C1(C)C. The first-order valence-electron chi connectivity index (χ1n) is 13.4. The lowest BCUT2D eigenvalue weighted by molar-refractivity contribution is -0.303. The summed E-state index contributed by atoms with van der Waals surface area (Å²) >= 11 is 0. The molecule has 1 saturated heterocycles. The molecule has 2 bridgehead atoms. The van der Waals surface area contributed by atoms with E-state index in [-0.39, 0.29) is 48.0 Å². The zero-order chi connectivity index (χ0) is 27.3. The molecule has 1 unspecified atom stereocenters. The standard InChI is InChI=1S/C29H40N2O6/c1-15-13-28-16(2)11-20-21(26(20,4)5)19(22(28)32)12-18-14-35-27(6,7)37-24(18)29(28,34)23(15)36-25(33)31(8)17(3)9-10-30/h12-13,16-17,19-21,23-24,34H,9,11,14H2,1-8H3/t16-,17?,19+,20-,21+,23+,24-,28+,29-/m1/s1. The monoisotopic (exact) mass is 512 g/mol. The van der Waals surface area contributed by atoms with Crippen LogP contribution in [0.5, 0.6) is 0 Å². The van der Waals surface area contributed by atoms with Crippen molar-refractivity contribution in [2.75, 3.05) is 13.7 Å². The van der Waals surface area contributed by atoms with E-state index >= 15 is 0 Å². The van der Waals surface area contributed by atoms with Gasteiger partial charge in [-0.1, -0.05) is 32.9 Å². The number of Topliss-reactive ketones (excluding diaryl/α,β-unsaturated/α-hetero) is 1. The predicted octanol–water partition coefficient (Wildman–Crippen LogP) is 3.99. The normalized spacial score (nSPS) is 43.4. The van der Waals surface area contributed by atoms with Crippen LogP contribution >= 0.6 is 0 Å². The highest BCUT2D eigenvalue weighted by Crippen LogP contribution is 2.72. The average molecular weight is 513 g/mol. The Morgan fingerprint density at radius 1 is 1.35 bits per heavy atom. The summed E-state index contributed by atoms with van der Waals surface area (Å²) in [6.07, 6.45) is 2.19. The van der Waals surface area contributed by atoms with Crippen LogP contribution in [0.4, 0.5) is 4.79 Å². The van der Waals surface area contributed by atoms with Gasteiger partial charge in [-0.3, -0.25) is 4.79 Å². The highest BCUT2D eigenvalue weighted by atomic mass is 16.7. The number of aliphatic hydroxyl groups is 1. The lowest BCUT2D eigenvalue weighted by Gasteiger charge is -2.52. The van der Waals surface area contributed by atoms with Gasteiger partial charge in [0.05, 0.1) is 24.5 Å². The Hall–Kier alpha value is -2.21. The van der Waals surface area contributed by atoms with Crippen molar-refractivity contribution in [2.24, 2.45) is 34.5 Å². The van der Waals surface area contributed by atoms with Crippen molar-refractivity contribution in [1.82, 2.24) is 4.90 Å². The van der Waals surface area contributed by atoms with Gasteiger partial charge in [0, 0.05) is 19.0 Å². The summed E-state index contributed by atoms with van der Waals surface area (Å²) in [6.45, 7) is 13.9. The van der Waals surface area contributed by atoms with Crippen molar-refractivity contribution < 1.29 is 28.9 Å². The molecule has 1 aliphatic heterocycles. The van der Waals surface area contributed by atoms with E-state index < -0.39 is 35.1 Å². The average Bonchev–Trinajstić information content (AvgIpc) is 3.31. The largest absolute Gasteiger partial charge is 0.438 e. The molecule has 0 aromatic heterocycles. The van der Waals surface area contributed by atoms with Crippen molar-refractivity contribution in [3.05, 3.63) is 23.3 Å². The fourth-order valence-electron chi connectivity index (χ4n) is 7.93. The van der Waals surface area contributed by atoms with Crippen LogP contribution in [-0.2, 0) is 19.0 Å². The topological polar surface area (TPSA) is 109 Å². The van der Waals surface area contributed by atoms with Crippen LogP contribution in [-0.4, -0.2) is 65.2 Å². The van der Waals surface area contributed by atoms with E-state index in [2.05, 4.69) is 19.9 Å². The molecule has 0 aromatic carbocycles. The molecule has 1 N–H and O–H groups in total. The summed E-state index contributed by atoms with van der Waals surface area (Å²) in [5, 5.41) is 22.1. The minimum absolute atomic E-state index is 0.0204.